The second-order valence-corrected chi connectivity index (χ2v) is 5.78. The molecule has 1 heterocycles. The summed E-state index contributed by atoms with van der Waals surface area (Å²) < 4.78 is 0. The van der Waals surface area contributed by atoms with E-state index in [0.29, 0.717) is 17.8 Å². The molecule has 5 heteroatoms. The van der Waals surface area contributed by atoms with E-state index < -0.39 is 11.6 Å². The first-order valence-electron chi connectivity index (χ1n) is 7.74. The van der Waals surface area contributed by atoms with Gasteiger partial charge in [0.2, 0.25) is 0 Å². The molecule has 1 saturated heterocycles. The Labute approximate surface area is 140 Å². The Morgan fingerprint density at radius 3 is 2.46 bits per heavy atom. The van der Waals surface area contributed by atoms with Crippen LogP contribution in [0.4, 0.5) is 16.2 Å². The Balaban J connectivity index is 2.06. The van der Waals surface area contributed by atoms with Crippen LogP contribution in [0.25, 0.3) is 4.85 Å². The van der Waals surface area contributed by atoms with E-state index in [1.165, 1.54) is 0 Å². The van der Waals surface area contributed by atoms with E-state index in [-0.39, 0.29) is 5.91 Å². The van der Waals surface area contributed by atoms with Crippen LogP contribution in [0, 0.1) is 13.5 Å². The third kappa shape index (κ3) is 2.24. The van der Waals surface area contributed by atoms with E-state index in [4.69, 9.17) is 6.57 Å². The predicted molar refractivity (Wildman–Crippen MR) is 91.9 cm³/mol. The molecule has 0 bridgehead atoms. The van der Waals surface area contributed by atoms with Gasteiger partial charge in [-0.2, -0.15) is 0 Å². The van der Waals surface area contributed by atoms with Gasteiger partial charge in [-0.15, -0.1) is 0 Å². The van der Waals surface area contributed by atoms with Gasteiger partial charge in [0.05, 0.1) is 12.3 Å². The Morgan fingerprint density at radius 1 is 1.17 bits per heavy atom. The van der Waals surface area contributed by atoms with Gasteiger partial charge in [-0.3, -0.25) is 4.79 Å². The average molecular weight is 319 g/mol. The van der Waals surface area contributed by atoms with Crippen molar-refractivity contribution in [3.05, 3.63) is 71.1 Å². The van der Waals surface area contributed by atoms with E-state index >= 15 is 0 Å². The van der Waals surface area contributed by atoms with E-state index in [2.05, 4.69) is 10.2 Å². The van der Waals surface area contributed by atoms with E-state index in [0.717, 1.165) is 16.0 Å². The van der Waals surface area contributed by atoms with Gasteiger partial charge in [0.25, 0.3) is 5.91 Å². The third-order valence-corrected chi connectivity index (χ3v) is 4.45. The summed E-state index contributed by atoms with van der Waals surface area (Å²) in [6.07, 6.45) is 0.456. The highest BCUT2D eigenvalue weighted by Crippen LogP contribution is 2.36. The average Bonchev–Trinajstić information content (AvgIpc) is 2.86. The Hall–Kier alpha value is -3.13. The number of hydrogen-bond acceptors (Lipinski definition) is 2. The van der Waals surface area contributed by atoms with Crippen molar-refractivity contribution in [2.24, 2.45) is 0 Å². The minimum Gasteiger partial charge on any atom is -0.319 e. The highest BCUT2D eigenvalue weighted by atomic mass is 16.2. The Morgan fingerprint density at radius 2 is 1.88 bits per heavy atom. The molecule has 0 unspecified atom stereocenters. The lowest BCUT2D eigenvalue weighted by atomic mass is 9.87. The number of imide groups is 1. The summed E-state index contributed by atoms with van der Waals surface area (Å²) in [5.74, 6) is -0.295. The van der Waals surface area contributed by atoms with Gasteiger partial charge >= 0.3 is 6.03 Å². The first-order chi connectivity index (χ1) is 11.5. The van der Waals surface area contributed by atoms with E-state index in [1.54, 1.807) is 25.1 Å². The van der Waals surface area contributed by atoms with Crippen molar-refractivity contribution in [1.29, 1.82) is 0 Å². The molecule has 3 rings (SSSR count). The van der Waals surface area contributed by atoms with Gasteiger partial charge in [-0.1, -0.05) is 43.3 Å². The zero-order valence-electron chi connectivity index (χ0n) is 13.5. The van der Waals surface area contributed by atoms with Crippen molar-refractivity contribution in [2.45, 2.75) is 25.8 Å². The monoisotopic (exact) mass is 319 g/mol. The number of anilines is 1. The molecule has 0 aromatic heterocycles. The summed E-state index contributed by atoms with van der Waals surface area (Å²) in [6, 6.07) is 13.8. The number of carbonyl (C=O) groups excluding carboxylic acids is 2. The minimum atomic E-state index is -1.05. The largest absolute Gasteiger partial charge is 0.329 e. The second-order valence-electron chi connectivity index (χ2n) is 5.78. The van der Waals surface area contributed by atoms with Crippen LogP contribution >= 0.6 is 0 Å². The normalized spacial score (nSPS) is 20.0. The van der Waals surface area contributed by atoms with Crippen molar-refractivity contribution in [1.82, 2.24) is 5.32 Å². The third-order valence-electron chi connectivity index (χ3n) is 4.45. The summed E-state index contributed by atoms with van der Waals surface area (Å²) in [4.78, 5) is 30.2. The van der Waals surface area contributed by atoms with Gasteiger partial charge in [0.1, 0.15) is 5.54 Å². The number of rotatable bonds is 3. The number of urea groups is 1. The molecule has 2 aromatic carbocycles. The zero-order chi connectivity index (χ0) is 17.3. The number of amides is 3. The number of hydrogen-bond donors (Lipinski definition) is 1. The smallest absolute Gasteiger partial charge is 0.319 e. The molecule has 2 aromatic rings. The molecule has 120 valence electrons. The quantitative estimate of drug-likeness (QED) is 0.689. The molecule has 1 N–H and O–H groups in total. The van der Waals surface area contributed by atoms with E-state index in [1.807, 2.05) is 37.3 Å². The fraction of sp³-hybridized carbons (Fsp3) is 0.211. The molecule has 0 aliphatic carbocycles. The molecule has 1 aliphatic rings. The Bertz CT molecular complexity index is 855. The zero-order valence-corrected chi connectivity index (χ0v) is 13.5. The van der Waals surface area contributed by atoms with Gasteiger partial charge in [-0.05, 0) is 36.6 Å². The summed E-state index contributed by atoms with van der Waals surface area (Å²) in [6.45, 7) is 10.8. The SMILES string of the molecule is [C-]#[N+]c1ccc(N2C(=O)N[C@@](CC)(c3ccccc3)C2=O)cc1C. The molecule has 24 heavy (non-hydrogen) atoms. The van der Waals surface area contributed by atoms with Crippen LogP contribution in [0.15, 0.2) is 48.5 Å². The van der Waals surface area contributed by atoms with Crippen molar-refractivity contribution in [3.63, 3.8) is 0 Å². The molecular formula is C19H17N3O2. The van der Waals surface area contributed by atoms with E-state index in [9.17, 15) is 9.59 Å². The van der Waals surface area contributed by atoms with Gasteiger partial charge < -0.3 is 5.32 Å². The van der Waals surface area contributed by atoms with Crippen molar-refractivity contribution in [2.75, 3.05) is 4.90 Å². The number of aryl methyl sites for hydroxylation is 1. The number of nitrogens with one attached hydrogen (secondary N) is 1. The molecule has 0 radical (unpaired) electrons. The summed E-state index contributed by atoms with van der Waals surface area (Å²) in [5.41, 5.74) is 1.44. The molecule has 3 amide bonds. The first kappa shape index (κ1) is 15.8. The maximum Gasteiger partial charge on any atom is 0.329 e. The van der Waals surface area contributed by atoms with Crippen LogP contribution in [0.3, 0.4) is 0 Å². The minimum absolute atomic E-state index is 0.295. The molecule has 1 fully saturated rings. The van der Waals surface area contributed by atoms with Crippen LogP contribution in [0.2, 0.25) is 0 Å². The molecule has 1 aliphatic heterocycles. The summed E-state index contributed by atoms with van der Waals surface area (Å²) >= 11 is 0. The number of carbonyl (C=O) groups is 2. The highest BCUT2D eigenvalue weighted by Gasteiger charge is 2.51. The van der Waals surface area contributed by atoms with Crippen molar-refractivity contribution < 1.29 is 9.59 Å². The van der Waals surface area contributed by atoms with Crippen LogP contribution in [-0.2, 0) is 10.3 Å². The maximum absolute atomic E-state index is 13.1. The topological polar surface area (TPSA) is 53.8 Å². The maximum atomic E-state index is 13.1. The van der Waals surface area contributed by atoms with Crippen molar-refractivity contribution in [3.8, 4) is 0 Å². The summed E-state index contributed by atoms with van der Waals surface area (Å²) in [7, 11) is 0. The molecular weight excluding hydrogens is 302 g/mol. The highest BCUT2D eigenvalue weighted by molar-refractivity contribution is 6.23. The molecule has 0 spiro atoms. The lowest BCUT2D eigenvalue weighted by Gasteiger charge is -2.25. The van der Waals surface area contributed by atoms with Gasteiger partial charge in [-0.25, -0.2) is 14.5 Å². The van der Waals surface area contributed by atoms with Crippen LogP contribution in [0.1, 0.15) is 24.5 Å². The Kier molecular flexibility index (Phi) is 3.82. The predicted octanol–water partition coefficient (Wildman–Crippen LogP) is 3.91. The van der Waals surface area contributed by atoms with Crippen LogP contribution < -0.4 is 10.2 Å². The standard InChI is InChI=1S/C19H17N3O2/c1-4-19(14-8-6-5-7-9-14)17(23)22(18(24)21-19)15-10-11-16(20-3)13(2)12-15/h5-12H,4H2,1-2H3,(H,21,24)/t19-/m0/s1. The first-order valence-corrected chi connectivity index (χ1v) is 7.74. The van der Waals surface area contributed by atoms with Gasteiger partial charge in [0, 0.05) is 0 Å². The molecule has 0 saturated carbocycles. The van der Waals surface area contributed by atoms with Gasteiger partial charge in [0.15, 0.2) is 5.69 Å². The van der Waals surface area contributed by atoms with Crippen LogP contribution in [0.5, 0.6) is 0 Å². The fourth-order valence-corrected chi connectivity index (χ4v) is 3.08. The lowest BCUT2D eigenvalue weighted by Crippen LogP contribution is -2.43. The summed E-state index contributed by atoms with van der Waals surface area (Å²) in [5, 5.41) is 2.86. The fourth-order valence-electron chi connectivity index (χ4n) is 3.08. The molecule has 5 nitrogen and oxygen atoms in total. The molecule has 1 atom stereocenters. The lowest BCUT2D eigenvalue weighted by molar-refractivity contribution is -0.122. The number of benzene rings is 2. The van der Waals surface area contributed by atoms with Crippen LogP contribution in [-0.4, -0.2) is 11.9 Å². The number of nitrogens with zero attached hydrogens (tertiary/aromatic N) is 2. The van der Waals surface area contributed by atoms with Crippen molar-refractivity contribution >= 4 is 23.3 Å². The second kappa shape index (κ2) is 5.82.